The summed E-state index contributed by atoms with van der Waals surface area (Å²) in [6.07, 6.45) is 0.812. The van der Waals surface area contributed by atoms with E-state index in [9.17, 15) is 9.18 Å². The Bertz CT molecular complexity index is 941. The normalized spacial score (nSPS) is 11.2. The van der Waals surface area contributed by atoms with E-state index >= 15 is 0 Å². The number of aromatic amines is 1. The van der Waals surface area contributed by atoms with Crippen LogP contribution in [0.5, 0.6) is 0 Å². The summed E-state index contributed by atoms with van der Waals surface area (Å²) in [6.45, 7) is 7.90. The number of rotatable bonds is 5. The summed E-state index contributed by atoms with van der Waals surface area (Å²) < 4.78 is 16.0. The number of carbonyl (C=O) groups excluding carboxylic acids is 1. The van der Waals surface area contributed by atoms with E-state index in [1.54, 1.807) is 22.9 Å². The average Bonchev–Trinajstić information content (AvgIpc) is 3.13. The molecule has 3 rings (SSSR count). The molecule has 26 heavy (non-hydrogen) atoms. The van der Waals surface area contributed by atoms with Crippen molar-refractivity contribution in [1.29, 1.82) is 0 Å². The summed E-state index contributed by atoms with van der Waals surface area (Å²) in [5.41, 5.74) is 3.54. The zero-order chi connectivity index (χ0) is 18.8. The molecule has 7 heteroatoms. The number of H-pyrrole nitrogens is 1. The molecule has 1 aromatic carbocycles. The molecule has 0 saturated carbocycles. The molecule has 2 aromatic heterocycles. The average molecular weight is 355 g/mol. The van der Waals surface area contributed by atoms with Gasteiger partial charge in [-0.15, -0.1) is 0 Å². The number of nitrogens with zero attached hydrogens (tertiary/aromatic N) is 3. The lowest BCUT2D eigenvalue weighted by atomic mass is 10.1. The summed E-state index contributed by atoms with van der Waals surface area (Å²) in [5.74, 6) is -0.381. The quantitative estimate of drug-likeness (QED) is 0.731. The maximum Gasteiger partial charge on any atom is 0.276 e. The molecule has 3 aromatic rings. The van der Waals surface area contributed by atoms with Crippen LogP contribution in [0, 0.1) is 25.6 Å². The van der Waals surface area contributed by atoms with Gasteiger partial charge in [0.15, 0.2) is 11.5 Å². The Hall–Kier alpha value is -2.96. The highest BCUT2D eigenvalue weighted by molar-refractivity contribution is 6.02. The van der Waals surface area contributed by atoms with E-state index in [2.05, 4.69) is 34.5 Å². The minimum absolute atomic E-state index is 0.281. The van der Waals surface area contributed by atoms with Crippen LogP contribution in [0.2, 0.25) is 0 Å². The van der Waals surface area contributed by atoms with Crippen molar-refractivity contribution in [3.8, 4) is 5.69 Å². The van der Waals surface area contributed by atoms with Crippen LogP contribution < -0.4 is 5.32 Å². The summed E-state index contributed by atoms with van der Waals surface area (Å²) in [7, 11) is 0. The van der Waals surface area contributed by atoms with Gasteiger partial charge in [-0.1, -0.05) is 13.8 Å². The first kappa shape index (κ1) is 17.8. The molecule has 0 spiro atoms. The van der Waals surface area contributed by atoms with Gasteiger partial charge in [-0.25, -0.2) is 9.07 Å². The Morgan fingerprint density at radius 1 is 1.27 bits per heavy atom. The molecule has 0 saturated heterocycles. The molecule has 2 N–H and O–H groups in total. The van der Waals surface area contributed by atoms with Gasteiger partial charge in [0.2, 0.25) is 0 Å². The van der Waals surface area contributed by atoms with Gasteiger partial charge in [-0.05, 0) is 56.5 Å². The van der Waals surface area contributed by atoms with Crippen molar-refractivity contribution in [2.24, 2.45) is 5.92 Å². The number of aryl methyl sites for hydroxylation is 2. The van der Waals surface area contributed by atoms with E-state index in [-0.39, 0.29) is 11.6 Å². The van der Waals surface area contributed by atoms with Gasteiger partial charge >= 0.3 is 0 Å². The van der Waals surface area contributed by atoms with Crippen molar-refractivity contribution in [3.63, 3.8) is 0 Å². The van der Waals surface area contributed by atoms with Crippen molar-refractivity contribution >= 4 is 11.6 Å². The number of hydrogen-bond acceptors (Lipinski definition) is 3. The van der Waals surface area contributed by atoms with Gasteiger partial charge in [0.05, 0.1) is 5.69 Å². The highest BCUT2D eigenvalue weighted by Gasteiger charge is 2.14. The highest BCUT2D eigenvalue weighted by Crippen LogP contribution is 2.20. The molecular weight excluding hydrogens is 333 g/mol. The first-order valence-electron chi connectivity index (χ1n) is 8.52. The van der Waals surface area contributed by atoms with Crippen LogP contribution >= 0.6 is 0 Å². The van der Waals surface area contributed by atoms with E-state index < -0.39 is 5.82 Å². The first-order valence-corrected chi connectivity index (χ1v) is 8.52. The molecule has 0 aliphatic heterocycles. The number of benzene rings is 1. The topological polar surface area (TPSA) is 75.6 Å². The van der Waals surface area contributed by atoms with Gasteiger partial charge in [-0.3, -0.25) is 9.89 Å². The summed E-state index contributed by atoms with van der Waals surface area (Å²) in [5, 5.41) is 13.8. The summed E-state index contributed by atoms with van der Waals surface area (Å²) in [4.78, 5) is 12.3. The van der Waals surface area contributed by atoms with Crippen LogP contribution in [0.1, 0.15) is 41.4 Å². The number of hydrogen-bond donors (Lipinski definition) is 2. The zero-order valence-electron chi connectivity index (χ0n) is 15.3. The van der Waals surface area contributed by atoms with Crippen LogP contribution in [0.15, 0.2) is 30.3 Å². The van der Waals surface area contributed by atoms with Crippen LogP contribution in [0.25, 0.3) is 5.69 Å². The second-order valence-corrected chi connectivity index (χ2v) is 6.84. The number of halogens is 1. The standard InChI is InChI=1S/C19H22FN5O/c1-11(2)7-15-10-17(23-22-15)19(26)21-14-5-6-18(16(20)9-14)25-13(4)8-12(3)24-25/h5-6,8-11H,7H2,1-4H3,(H,21,26)(H,22,23). The van der Waals surface area contributed by atoms with Crippen molar-refractivity contribution < 1.29 is 9.18 Å². The lowest BCUT2D eigenvalue weighted by Gasteiger charge is -2.08. The maximum absolute atomic E-state index is 14.5. The molecule has 1 amide bonds. The van der Waals surface area contributed by atoms with Crippen molar-refractivity contribution in [3.05, 3.63) is 58.9 Å². The fraction of sp³-hybridized carbons (Fsp3) is 0.316. The van der Waals surface area contributed by atoms with E-state index in [1.165, 1.54) is 6.07 Å². The number of aromatic nitrogens is 4. The van der Waals surface area contributed by atoms with Gasteiger partial charge in [-0.2, -0.15) is 10.2 Å². The fourth-order valence-corrected chi connectivity index (χ4v) is 2.85. The molecule has 6 nitrogen and oxygen atoms in total. The van der Waals surface area contributed by atoms with Gasteiger partial charge in [0, 0.05) is 17.1 Å². The zero-order valence-corrected chi connectivity index (χ0v) is 15.3. The van der Waals surface area contributed by atoms with Crippen LogP contribution in [0.3, 0.4) is 0 Å². The number of anilines is 1. The SMILES string of the molecule is Cc1cc(C)n(-c2ccc(NC(=O)c3cc(CC(C)C)[nH]n3)cc2F)n1. The monoisotopic (exact) mass is 355 g/mol. The Morgan fingerprint density at radius 2 is 2.04 bits per heavy atom. The van der Waals surface area contributed by atoms with E-state index in [1.807, 2.05) is 19.9 Å². The largest absolute Gasteiger partial charge is 0.320 e. The van der Waals surface area contributed by atoms with Crippen molar-refractivity contribution in [2.45, 2.75) is 34.1 Å². The van der Waals surface area contributed by atoms with E-state index in [0.717, 1.165) is 23.5 Å². The highest BCUT2D eigenvalue weighted by atomic mass is 19.1. The first-order chi connectivity index (χ1) is 12.3. The van der Waals surface area contributed by atoms with E-state index in [0.29, 0.717) is 17.3 Å². The number of carbonyl (C=O) groups is 1. The van der Waals surface area contributed by atoms with E-state index in [4.69, 9.17) is 0 Å². The second-order valence-electron chi connectivity index (χ2n) is 6.84. The molecule has 0 fully saturated rings. The molecule has 0 unspecified atom stereocenters. The smallest absolute Gasteiger partial charge is 0.276 e. The lowest BCUT2D eigenvalue weighted by molar-refractivity contribution is 0.102. The third kappa shape index (κ3) is 3.82. The van der Waals surface area contributed by atoms with Gasteiger partial charge in [0.25, 0.3) is 5.91 Å². The molecule has 0 atom stereocenters. The minimum atomic E-state index is -0.462. The van der Waals surface area contributed by atoms with Crippen molar-refractivity contribution in [1.82, 2.24) is 20.0 Å². The lowest BCUT2D eigenvalue weighted by Crippen LogP contribution is -2.13. The van der Waals surface area contributed by atoms with Gasteiger partial charge in [0.1, 0.15) is 5.69 Å². The van der Waals surface area contributed by atoms with Crippen LogP contribution in [0.4, 0.5) is 10.1 Å². The fourth-order valence-electron chi connectivity index (χ4n) is 2.85. The third-order valence-corrected chi connectivity index (χ3v) is 3.94. The Morgan fingerprint density at radius 3 is 2.65 bits per heavy atom. The molecule has 0 radical (unpaired) electrons. The molecule has 0 aliphatic rings. The predicted octanol–water partition coefficient (Wildman–Crippen LogP) is 3.80. The number of amides is 1. The third-order valence-electron chi connectivity index (χ3n) is 3.94. The molecular formula is C19H22FN5O. The maximum atomic E-state index is 14.5. The Balaban J connectivity index is 1.76. The summed E-state index contributed by atoms with van der Waals surface area (Å²) in [6, 6.07) is 8.12. The van der Waals surface area contributed by atoms with Crippen LogP contribution in [-0.2, 0) is 6.42 Å². The predicted molar refractivity (Wildman–Crippen MR) is 98.1 cm³/mol. The Kier molecular flexibility index (Phi) is 4.88. The Labute approximate surface area is 151 Å². The van der Waals surface area contributed by atoms with Crippen molar-refractivity contribution in [2.75, 3.05) is 5.32 Å². The number of nitrogens with one attached hydrogen (secondary N) is 2. The van der Waals surface area contributed by atoms with Gasteiger partial charge < -0.3 is 5.32 Å². The summed E-state index contributed by atoms with van der Waals surface area (Å²) >= 11 is 0. The molecule has 0 bridgehead atoms. The molecule has 136 valence electrons. The minimum Gasteiger partial charge on any atom is -0.320 e. The van der Waals surface area contributed by atoms with Crippen LogP contribution in [-0.4, -0.2) is 25.9 Å². The molecule has 0 aliphatic carbocycles. The molecule has 2 heterocycles. The second kappa shape index (κ2) is 7.11.